The van der Waals surface area contributed by atoms with Gasteiger partial charge in [-0.3, -0.25) is 4.79 Å². The van der Waals surface area contributed by atoms with E-state index in [1.54, 1.807) is 37.3 Å². The Kier molecular flexibility index (Phi) is 11.2. The van der Waals surface area contributed by atoms with Gasteiger partial charge in [-0.1, -0.05) is 25.2 Å². The molecule has 1 amide bonds. The number of nitrogens with one attached hydrogen (secondary N) is 1. The number of amides is 1. The summed E-state index contributed by atoms with van der Waals surface area (Å²) in [5.74, 6) is -0.000436. The van der Waals surface area contributed by atoms with Crippen LogP contribution >= 0.6 is 11.8 Å². The number of carbonyl (C=O) groups excluding carboxylic acids is 1. The summed E-state index contributed by atoms with van der Waals surface area (Å²) in [6.07, 6.45) is 5.71. The Morgan fingerprint density at radius 2 is 1.92 bits per heavy atom. The van der Waals surface area contributed by atoms with Crippen LogP contribution in [-0.4, -0.2) is 28.3 Å². The molecule has 0 aromatic heterocycles. The predicted molar refractivity (Wildman–Crippen MR) is 151 cm³/mol. The highest BCUT2D eigenvalue weighted by molar-refractivity contribution is 8.04. The Morgan fingerprint density at radius 1 is 1.21 bits per heavy atom. The maximum absolute atomic E-state index is 14.4. The van der Waals surface area contributed by atoms with Crippen molar-refractivity contribution in [3.8, 4) is 17.2 Å². The van der Waals surface area contributed by atoms with Gasteiger partial charge in [-0.25, -0.2) is 9.18 Å². The number of halogens is 1. The third kappa shape index (κ3) is 8.80. The van der Waals surface area contributed by atoms with Gasteiger partial charge in [-0.05, 0) is 87.6 Å². The lowest BCUT2D eigenvalue weighted by Crippen LogP contribution is -2.38. The van der Waals surface area contributed by atoms with Gasteiger partial charge < -0.3 is 19.9 Å². The fourth-order valence-electron chi connectivity index (χ4n) is 3.27. The molecule has 0 aliphatic heterocycles. The number of hydrogen-bond acceptors (Lipinski definition) is 5. The topological polar surface area (TPSA) is 84.9 Å². The lowest BCUT2D eigenvalue weighted by molar-refractivity contribution is -0.152. The number of carboxylic acid groups (broad SMARTS) is 1. The van der Waals surface area contributed by atoms with Gasteiger partial charge in [0.15, 0.2) is 5.60 Å². The van der Waals surface area contributed by atoms with E-state index < -0.39 is 17.4 Å². The van der Waals surface area contributed by atoms with Crippen LogP contribution in [0.3, 0.4) is 0 Å². The molecule has 1 atom stereocenters. The third-order valence-corrected chi connectivity index (χ3v) is 6.96. The van der Waals surface area contributed by atoms with Gasteiger partial charge >= 0.3 is 5.97 Å². The van der Waals surface area contributed by atoms with E-state index in [1.165, 1.54) is 37.7 Å². The minimum absolute atomic E-state index is 0.0403. The molecule has 2 aromatic carbocycles. The Labute approximate surface area is 228 Å². The molecule has 0 bridgehead atoms. The monoisotopic (exact) mass is 541 g/mol. The Morgan fingerprint density at radius 3 is 2.53 bits per heavy atom. The lowest BCUT2D eigenvalue weighted by atomic mass is 10.0. The Balaban J connectivity index is 2.17. The van der Waals surface area contributed by atoms with Crippen LogP contribution in [0, 0.1) is 18.7 Å². The summed E-state index contributed by atoms with van der Waals surface area (Å²) in [7, 11) is 0. The summed E-state index contributed by atoms with van der Waals surface area (Å²) >= 11 is 1.45. The molecule has 2 aromatic rings. The number of carboxylic acids is 1. The first-order valence-electron chi connectivity index (χ1n) is 12.2. The molecule has 204 valence electrons. The van der Waals surface area contributed by atoms with Crippen molar-refractivity contribution < 1.29 is 28.6 Å². The number of benzene rings is 2. The van der Waals surface area contributed by atoms with E-state index in [2.05, 4.69) is 11.9 Å². The fraction of sp³-hybridized carbons (Fsp3) is 0.333. The van der Waals surface area contributed by atoms with Crippen LogP contribution in [0.5, 0.6) is 17.2 Å². The van der Waals surface area contributed by atoms with Gasteiger partial charge in [0.1, 0.15) is 23.1 Å². The molecule has 0 spiro atoms. The zero-order valence-corrected chi connectivity index (χ0v) is 23.6. The summed E-state index contributed by atoms with van der Waals surface area (Å²) in [6, 6.07) is 9.18. The molecule has 0 aliphatic rings. The Hall–Kier alpha value is -3.52. The van der Waals surface area contributed by atoms with E-state index in [-0.39, 0.29) is 24.1 Å². The number of allylic oxidation sites excluding steroid dienone is 3. The van der Waals surface area contributed by atoms with Crippen molar-refractivity contribution in [1.82, 2.24) is 5.32 Å². The van der Waals surface area contributed by atoms with Crippen LogP contribution in [0.1, 0.15) is 45.7 Å². The number of aliphatic carboxylic acids is 1. The number of hydrogen-bond donors (Lipinski definition) is 2. The minimum atomic E-state index is -1.39. The third-order valence-electron chi connectivity index (χ3n) is 5.81. The number of rotatable bonds is 13. The summed E-state index contributed by atoms with van der Waals surface area (Å²) in [4.78, 5) is 25.0. The van der Waals surface area contributed by atoms with Gasteiger partial charge in [0, 0.05) is 18.4 Å². The minimum Gasteiger partial charge on any atom is -0.478 e. The number of thioether (sulfide) groups is 1. The van der Waals surface area contributed by atoms with Gasteiger partial charge in [-0.2, -0.15) is 0 Å². The molecule has 1 unspecified atom stereocenters. The first-order chi connectivity index (χ1) is 17.9. The number of carbonyl (C=O) groups is 2. The molecule has 0 heterocycles. The first-order valence-corrected chi connectivity index (χ1v) is 13.2. The number of ether oxygens (including phenoxy) is 2. The second-order valence-corrected chi connectivity index (χ2v) is 10.4. The van der Waals surface area contributed by atoms with Crippen LogP contribution < -0.4 is 14.8 Å². The standard InChI is InChI=1S/C30H36FNO5S/c1-8-10-13-38-27(21(5)19(3)9-2)28(33)32-18-22-15-23(31)17-25(16-22)36-24-11-12-26(20(4)14-24)37-30(6,7)29(34)35/h8-12,14-17,19H,2,13,18H2,1,3-7H3,(H,32,33)(H,34,35)/b10-8-,27-21-. The van der Waals surface area contributed by atoms with Gasteiger partial charge in [0.2, 0.25) is 0 Å². The molecule has 0 radical (unpaired) electrons. The quantitative estimate of drug-likeness (QED) is 0.206. The zero-order valence-electron chi connectivity index (χ0n) is 22.8. The van der Waals surface area contributed by atoms with E-state index in [9.17, 15) is 19.1 Å². The van der Waals surface area contributed by atoms with E-state index in [1.807, 2.05) is 32.9 Å². The SMILES string of the molecule is C=CC(C)/C(C)=C(\SC/C=C\C)C(=O)NCc1cc(F)cc(Oc2ccc(OC(C)(C)C(=O)O)c(C)c2)c1. The molecule has 2 rings (SSSR count). The smallest absolute Gasteiger partial charge is 0.347 e. The molecule has 0 saturated carbocycles. The highest BCUT2D eigenvalue weighted by atomic mass is 32.2. The van der Waals surface area contributed by atoms with Crippen LogP contribution in [0.15, 0.2) is 71.7 Å². The van der Waals surface area contributed by atoms with Crippen LogP contribution in [-0.2, 0) is 16.1 Å². The van der Waals surface area contributed by atoms with Crippen molar-refractivity contribution in [3.05, 3.63) is 88.6 Å². The van der Waals surface area contributed by atoms with Crippen molar-refractivity contribution in [2.75, 3.05) is 5.75 Å². The van der Waals surface area contributed by atoms with E-state index >= 15 is 0 Å². The van der Waals surface area contributed by atoms with Crippen molar-refractivity contribution in [2.45, 2.75) is 53.7 Å². The second-order valence-electron chi connectivity index (χ2n) is 9.34. The van der Waals surface area contributed by atoms with E-state index in [0.29, 0.717) is 33.3 Å². The van der Waals surface area contributed by atoms with Crippen LogP contribution in [0.4, 0.5) is 4.39 Å². The maximum atomic E-state index is 14.4. The molecule has 2 N–H and O–H groups in total. The van der Waals surface area contributed by atoms with E-state index in [4.69, 9.17) is 9.47 Å². The van der Waals surface area contributed by atoms with Crippen LogP contribution in [0.2, 0.25) is 0 Å². The second kappa shape index (κ2) is 13.9. The predicted octanol–water partition coefficient (Wildman–Crippen LogP) is 7.19. The summed E-state index contributed by atoms with van der Waals surface area (Å²) in [6.45, 7) is 14.5. The van der Waals surface area contributed by atoms with E-state index in [0.717, 1.165) is 5.57 Å². The molecule has 0 saturated heterocycles. The molecule has 0 fully saturated rings. The van der Waals surface area contributed by atoms with Gasteiger partial charge in [-0.15, -0.1) is 18.3 Å². The fourth-order valence-corrected chi connectivity index (χ4v) is 4.34. The van der Waals surface area contributed by atoms with Crippen molar-refractivity contribution in [3.63, 3.8) is 0 Å². The van der Waals surface area contributed by atoms with Crippen molar-refractivity contribution >= 4 is 23.6 Å². The van der Waals surface area contributed by atoms with Crippen LogP contribution in [0.25, 0.3) is 0 Å². The average Bonchev–Trinajstić information content (AvgIpc) is 2.85. The normalized spacial score (nSPS) is 13.0. The largest absolute Gasteiger partial charge is 0.478 e. The summed E-state index contributed by atoms with van der Waals surface area (Å²) in [5.41, 5.74) is 0.738. The summed E-state index contributed by atoms with van der Waals surface area (Å²) < 4.78 is 25.9. The molecule has 0 aliphatic carbocycles. The Bertz CT molecular complexity index is 1240. The van der Waals surface area contributed by atoms with Crippen molar-refractivity contribution in [1.29, 1.82) is 0 Å². The van der Waals surface area contributed by atoms with Gasteiger partial charge in [0.05, 0.1) is 4.91 Å². The van der Waals surface area contributed by atoms with Gasteiger partial charge in [0.25, 0.3) is 5.91 Å². The highest BCUT2D eigenvalue weighted by Gasteiger charge is 2.30. The number of aryl methyl sites for hydroxylation is 1. The molecule has 8 heteroatoms. The molecular weight excluding hydrogens is 505 g/mol. The zero-order chi connectivity index (χ0) is 28.5. The summed E-state index contributed by atoms with van der Waals surface area (Å²) in [5, 5.41) is 12.2. The highest BCUT2D eigenvalue weighted by Crippen LogP contribution is 2.31. The molecule has 6 nitrogen and oxygen atoms in total. The van der Waals surface area contributed by atoms with Crippen molar-refractivity contribution in [2.24, 2.45) is 5.92 Å². The maximum Gasteiger partial charge on any atom is 0.347 e. The average molecular weight is 542 g/mol. The lowest BCUT2D eigenvalue weighted by Gasteiger charge is -2.23. The molecular formula is C30H36FNO5S. The molecule has 38 heavy (non-hydrogen) atoms. The first kappa shape index (κ1) is 30.7.